The third kappa shape index (κ3) is 2.64. The minimum Gasteiger partial charge on any atom is -0.356 e. The van der Waals surface area contributed by atoms with Gasteiger partial charge in [-0.2, -0.15) is 0 Å². The predicted octanol–water partition coefficient (Wildman–Crippen LogP) is 5.00. The van der Waals surface area contributed by atoms with Crippen LogP contribution in [0.1, 0.15) is 23.7 Å². The van der Waals surface area contributed by atoms with Gasteiger partial charge in [-0.25, -0.2) is 0 Å². The largest absolute Gasteiger partial charge is 0.356 e. The standard InChI is InChI=1S/C19H16BrClN2O/c20-13-5-6-17-16(10-13)15-7-8-23(11-24)19(18(15)22-17)12-3-1-2-4-14(21)9-12/h1-3,5-6,9-11,19,22H,4,7-8H2. The van der Waals surface area contributed by atoms with Crippen molar-refractivity contribution in [3.63, 3.8) is 0 Å². The Balaban J connectivity index is 1.91. The van der Waals surface area contributed by atoms with Crippen molar-refractivity contribution in [1.29, 1.82) is 0 Å². The number of allylic oxidation sites excluding steroid dienone is 4. The summed E-state index contributed by atoms with van der Waals surface area (Å²) < 4.78 is 1.06. The summed E-state index contributed by atoms with van der Waals surface area (Å²) in [6.45, 7) is 0.702. The molecule has 1 atom stereocenters. The predicted molar refractivity (Wildman–Crippen MR) is 101 cm³/mol. The van der Waals surface area contributed by atoms with Crippen LogP contribution < -0.4 is 0 Å². The molecule has 0 fully saturated rings. The van der Waals surface area contributed by atoms with E-state index in [1.165, 1.54) is 10.9 Å². The molecule has 4 rings (SSSR count). The molecule has 1 unspecified atom stereocenters. The SMILES string of the molecule is O=CN1CCc2c([nH]c3ccc(Br)cc23)C1C1=CC=CCC(Cl)=C1. The molecular weight excluding hydrogens is 388 g/mol. The summed E-state index contributed by atoms with van der Waals surface area (Å²) in [6, 6.07) is 6.11. The molecular formula is C19H16BrClN2O. The maximum absolute atomic E-state index is 11.7. The monoisotopic (exact) mass is 402 g/mol. The highest BCUT2D eigenvalue weighted by Crippen LogP contribution is 2.40. The van der Waals surface area contributed by atoms with E-state index in [-0.39, 0.29) is 6.04 Å². The van der Waals surface area contributed by atoms with E-state index in [9.17, 15) is 4.79 Å². The number of rotatable bonds is 2. The zero-order valence-corrected chi connectivity index (χ0v) is 15.3. The number of fused-ring (bicyclic) bond motifs is 3. The van der Waals surface area contributed by atoms with Crippen LogP contribution in [-0.4, -0.2) is 22.8 Å². The summed E-state index contributed by atoms with van der Waals surface area (Å²) in [7, 11) is 0. The Kier molecular flexibility index (Phi) is 4.10. The first-order valence-electron chi connectivity index (χ1n) is 7.91. The maximum atomic E-state index is 11.7. The van der Waals surface area contributed by atoms with E-state index in [1.807, 2.05) is 35.3 Å². The number of carbonyl (C=O) groups excluding carboxylic acids is 1. The molecule has 5 heteroatoms. The van der Waals surface area contributed by atoms with Crippen molar-refractivity contribution in [2.45, 2.75) is 18.9 Å². The Morgan fingerprint density at radius 1 is 1.38 bits per heavy atom. The zero-order valence-electron chi connectivity index (χ0n) is 12.9. The highest BCUT2D eigenvalue weighted by Gasteiger charge is 2.31. The molecule has 0 saturated heterocycles. The molecule has 3 nitrogen and oxygen atoms in total. The lowest BCUT2D eigenvalue weighted by molar-refractivity contribution is -0.120. The first-order chi connectivity index (χ1) is 11.7. The van der Waals surface area contributed by atoms with Crippen molar-refractivity contribution in [3.8, 4) is 0 Å². The van der Waals surface area contributed by atoms with Crippen LogP contribution in [-0.2, 0) is 11.2 Å². The summed E-state index contributed by atoms with van der Waals surface area (Å²) in [5, 5.41) is 2.00. The Labute approximate surface area is 153 Å². The lowest BCUT2D eigenvalue weighted by Gasteiger charge is -2.34. The first-order valence-corrected chi connectivity index (χ1v) is 9.08. The topological polar surface area (TPSA) is 36.1 Å². The molecule has 1 aliphatic heterocycles. The van der Waals surface area contributed by atoms with Crippen molar-refractivity contribution in [2.75, 3.05) is 6.54 Å². The minimum absolute atomic E-state index is 0.131. The third-order valence-corrected chi connectivity index (χ3v) is 5.39. The number of aromatic amines is 1. The Morgan fingerprint density at radius 2 is 2.25 bits per heavy atom. The van der Waals surface area contributed by atoms with Gasteiger partial charge in [-0.1, -0.05) is 45.8 Å². The second-order valence-electron chi connectivity index (χ2n) is 6.09. The summed E-state index contributed by atoms with van der Waals surface area (Å²) in [4.78, 5) is 17.0. The smallest absolute Gasteiger partial charge is 0.210 e. The number of benzene rings is 1. The Bertz CT molecular complexity index is 909. The number of carbonyl (C=O) groups is 1. The normalized spacial score (nSPS) is 20.4. The second kappa shape index (κ2) is 6.26. The van der Waals surface area contributed by atoms with Crippen molar-refractivity contribution in [2.24, 2.45) is 0 Å². The van der Waals surface area contributed by atoms with Crippen LogP contribution in [0, 0.1) is 0 Å². The average Bonchev–Trinajstić information content (AvgIpc) is 2.80. The van der Waals surface area contributed by atoms with Gasteiger partial charge < -0.3 is 9.88 Å². The maximum Gasteiger partial charge on any atom is 0.210 e. The van der Waals surface area contributed by atoms with Crippen LogP contribution in [0.4, 0.5) is 0 Å². The molecule has 2 aromatic rings. The van der Waals surface area contributed by atoms with Crippen molar-refractivity contribution < 1.29 is 4.79 Å². The van der Waals surface area contributed by atoms with Gasteiger partial charge >= 0.3 is 0 Å². The number of H-pyrrole nitrogens is 1. The minimum atomic E-state index is -0.131. The summed E-state index contributed by atoms with van der Waals surface area (Å²) in [5.74, 6) is 0. The quantitative estimate of drug-likeness (QED) is 0.704. The number of hydrogen-bond acceptors (Lipinski definition) is 1. The van der Waals surface area contributed by atoms with Gasteiger partial charge in [0, 0.05) is 39.1 Å². The van der Waals surface area contributed by atoms with Crippen LogP contribution in [0.3, 0.4) is 0 Å². The van der Waals surface area contributed by atoms with Crippen molar-refractivity contribution in [3.05, 3.63) is 68.8 Å². The molecule has 0 bridgehead atoms. The molecule has 24 heavy (non-hydrogen) atoms. The van der Waals surface area contributed by atoms with Crippen LogP contribution >= 0.6 is 27.5 Å². The van der Waals surface area contributed by atoms with E-state index < -0.39 is 0 Å². The van der Waals surface area contributed by atoms with E-state index >= 15 is 0 Å². The molecule has 1 aromatic carbocycles. The second-order valence-corrected chi connectivity index (χ2v) is 7.49. The van der Waals surface area contributed by atoms with Gasteiger partial charge in [-0.15, -0.1) is 0 Å². The van der Waals surface area contributed by atoms with Crippen molar-refractivity contribution >= 4 is 44.8 Å². The Morgan fingerprint density at radius 3 is 3.08 bits per heavy atom. The highest BCUT2D eigenvalue weighted by atomic mass is 79.9. The van der Waals surface area contributed by atoms with Gasteiger partial charge in [-0.3, -0.25) is 4.79 Å². The molecule has 1 aromatic heterocycles. The molecule has 0 radical (unpaired) electrons. The van der Waals surface area contributed by atoms with E-state index in [1.54, 1.807) is 0 Å². The zero-order chi connectivity index (χ0) is 16.7. The van der Waals surface area contributed by atoms with Crippen LogP contribution in [0.15, 0.2) is 57.6 Å². The van der Waals surface area contributed by atoms with E-state index in [4.69, 9.17) is 11.6 Å². The first kappa shape index (κ1) is 15.7. The number of amides is 1. The van der Waals surface area contributed by atoms with Gasteiger partial charge in [0.15, 0.2) is 0 Å². The number of halogens is 2. The third-order valence-electron chi connectivity index (χ3n) is 4.64. The number of hydrogen-bond donors (Lipinski definition) is 1. The number of nitrogens with zero attached hydrogens (tertiary/aromatic N) is 1. The van der Waals surface area contributed by atoms with Crippen LogP contribution in [0.5, 0.6) is 0 Å². The molecule has 122 valence electrons. The molecule has 2 heterocycles. The summed E-state index contributed by atoms with van der Waals surface area (Å²) in [5.41, 5.74) is 4.50. The summed E-state index contributed by atoms with van der Waals surface area (Å²) >= 11 is 9.85. The highest BCUT2D eigenvalue weighted by molar-refractivity contribution is 9.10. The van der Waals surface area contributed by atoms with E-state index in [2.05, 4.69) is 33.0 Å². The fourth-order valence-corrected chi connectivity index (χ4v) is 4.14. The number of aromatic nitrogens is 1. The van der Waals surface area contributed by atoms with Gasteiger partial charge in [0.05, 0.1) is 6.04 Å². The van der Waals surface area contributed by atoms with Gasteiger partial charge in [0.1, 0.15) is 0 Å². The van der Waals surface area contributed by atoms with Crippen LogP contribution in [0.2, 0.25) is 0 Å². The van der Waals surface area contributed by atoms with Gasteiger partial charge in [0.2, 0.25) is 6.41 Å². The molecule has 1 N–H and O–H groups in total. The average molecular weight is 404 g/mol. The Hall–Kier alpha value is -1.78. The molecule has 1 amide bonds. The molecule has 0 saturated carbocycles. The fraction of sp³-hybridized carbons (Fsp3) is 0.211. The van der Waals surface area contributed by atoms with Crippen molar-refractivity contribution in [1.82, 2.24) is 9.88 Å². The summed E-state index contributed by atoms with van der Waals surface area (Å²) in [6.07, 6.45) is 10.6. The lowest BCUT2D eigenvalue weighted by atomic mass is 9.92. The lowest BCUT2D eigenvalue weighted by Crippen LogP contribution is -2.35. The number of nitrogens with one attached hydrogen (secondary N) is 1. The van der Waals surface area contributed by atoms with E-state index in [0.29, 0.717) is 6.54 Å². The van der Waals surface area contributed by atoms with E-state index in [0.717, 1.165) is 45.5 Å². The molecule has 2 aliphatic rings. The van der Waals surface area contributed by atoms with Crippen LogP contribution in [0.25, 0.3) is 10.9 Å². The molecule has 0 spiro atoms. The fourth-order valence-electron chi connectivity index (χ4n) is 3.57. The molecule has 1 aliphatic carbocycles. The van der Waals surface area contributed by atoms with Gasteiger partial charge in [-0.05, 0) is 41.8 Å². The van der Waals surface area contributed by atoms with Gasteiger partial charge in [0.25, 0.3) is 0 Å².